The number of hydrogen-bond acceptors (Lipinski definition) is 3. The van der Waals surface area contributed by atoms with Gasteiger partial charge < -0.3 is 5.32 Å². The van der Waals surface area contributed by atoms with Gasteiger partial charge in [-0.05, 0) is 45.2 Å². The van der Waals surface area contributed by atoms with Crippen LogP contribution >= 0.6 is 0 Å². The maximum absolute atomic E-state index is 11.7. The Balaban J connectivity index is 2.40. The van der Waals surface area contributed by atoms with Gasteiger partial charge in [0.25, 0.3) is 0 Å². The van der Waals surface area contributed by atoms with Crippen LogP contribution < -0.4 is 10.0 Å². The van der Waals surface area contributed by atoms with Crippen molar-refractivity contribution >= 4 is 10.0 Å². The lowest BCUT2D eigenvalue weighted by atomic mass is 10.0. The zero-order valence-electron chi connectivity index (χ0n) is 9.62. The molecule has 90 valence electrons. The molecular weight excluding hydrogens is 212 g/mol. The first-order valence-electron chi connectivity index (χ1n) is 5.74. The monoisotopic (exact) mass is 234 g/mol. The maximum Gasteiger partial charge on any atom is 0.212 e. The summed E-state index contributed by atoms with van der Waals surface area (Å²) in [5.41, 5.74) is 0. The van der Waals surface area contributed by atoms with Crippen LogP contribution in [-0.4, -0.2) is 33.3 Å². The average molecular weight is 234 g/mol. The number of nitrogens with one attached hydrogen (secondary N) is 2. The number of sulfonamides is 1. The first-order valence-corrected chi connectivity index (χ1v) is 7.39. The lowest BCUT2D eigenvalue weighted by Gasteiger charge is -2.23. The Kier molecular flexibility index (Phi) is 5.02. The van der Waals surface area contributed by atoms with Crippen LogP contribution in [0.5, 0.6) is 0 Å². The molecule has 5 heteroatoms. The Bertz CT molecular complexity index is 271. The highest BCUT2D eigenvalue weighted by atomic mass is 32.2. The summed E-state index contributed by atoms with van der Waals surface area (Å²) in [5, 5.41) is 3.23. The van der Waals surface area contributed by atoms with E-state index >= 15 is 0 Å². The molecule has 2 unspecified atom stereocenters. The van der Waals surface area contributed by atoms with Crippen molar-refractivity contribution in [2.45, 2.75) is 39.2 Å². The fourth-order valence-electron chi connectivity index (χ4n) is 1.81. The highest BCUT2D eigenvalue weighted by Crippen LogP contribution is 2.12. The van der Waals surface area contributed by atoms with Crippen molar-refractivity contribution in [2.24, 2.45) is 5.92 Å². The molecule has 0 aliphatic carbocycles. The van der Waals surface area contributed by atoms with Crippen molar-refractivity contribution in [1.82, 2.24) is 10.0 Å². The van der Waals surface area contributed by atoms with Crippen LogP contribution in [-0.2, 0) is 10.0 Å². The molecule has 1 heterocycles. The molecule has 2 atom stereocenters. The molecular formula is C10H22N2O2S. The first-order chi connectivity index (χ1) is 7.03. The normalized spacial score (nSPS) is 25.1. The van der Waals surface area contributed by atoms with Crippen molar-refractivity contribution in [3.8, 4) is 0 Å². The standard InChI is InChI=1S/C10H22N2O2S/c1-3-9(2)12-15(13,14)8-10-5-4-6-11-7-10/h9-12H,3-8H2,1-2H3. The zero-order chi connectivity index (χ0) is 11.3. The fraction of sp³-hybridized carbons (Fsp3) is 1.00. The summed E-state index contributed by atoms with van der Waals surface area (Å²) >= 11 is 0. The molecule has 1 aliphatic heterocycles. The van der Waals surface area contributed by atoms with E-state index in [1.54, 1.807) is 0 Å². The third kappa shape index (κ3) is 4.95. The SMILES string of the molecule is CCC(C)NS(=O)(=O)CC1CCCNC1. The molecule has 4 nitrogen and oxygen atoms in total. The van der Waals surface area contributed by atoms with E-state index in [0.29, 0.717) is 0 Å². The lowest BCUT2D eigenvalue weighted by Crippen LogP contribution is -2.40. The van der Waals surface area contributed by atoms with Crippen molar-refractivity contribution in [3.05, 3.63) is 0 Å². The van der Waals surface area contributed by atoms with Crippen LogP contribution in [0.25, 0.3) is 0 Å². The van der Waals surface area contributed by atoms with E-state index in [2.05, 4.69) is 10.0 Å². The second-order valence-corrected chi connectivity index (χ2v) is 6.22. The quantitative estimate of drug-likeness (QED) is 0.736. The van der Waals surface area contributed by atoms with Crippen molar-refractivity contribution in [2.75, 3.05) is 18.8 Å². The molecule has 0 aromatic heterocycles. The summed E-state index contributed by atoms with van der Waals surface area (Å²) in [5.74, 6) is 0.546. The van der Waals surface area contributed by atoms with Crippen LogP contribution in [0.15, 0.2) is 0 Å². The maximum atomic E-state index is 11.7. The van der Waals surface area contributed by atoms with Gasteiger partial charge in [0.1, 0.15) is 0 Å². The van der Waals surface area contributed by atoms with Crippen LogP contribution in [0.2, 0.25) is 0 Å². The minimum Gasteiger partial charge on any atom is -0.316 e. The molecule has 0 bridgehead atoms. The van der Waals surface area contributed by atoms with Crippen molar-refractivity contribution in [1.29, 1.82) is 0 Å². The van der Waals surface area contributed by atoms with Gasteiger partial charge in [-0.3, -0.25) is 0 Å². The van der Waals surface area contributed by atoms with Crippen molar-refractivity contribution in [3.63, 3.8) is 0 Å². The smallest absolute Gasteiger partial charge is 0.212 e. The van der Waals surface area contributed by atoms with Crippen molar-refractivity contribution < 1.29 is 8.42 Å². The van der Waals surface area contributed by atoms with E-state index < -0.39 is 10.0 Å². The molecule has 1 saturated heterocycles. The van der Waals surface area contributed by atoms with Crippen LogP contribution in [0, 0.1) is 5.92 Å². The summed E-state index contributed by atoms with van der Waals surface area (Å²) in [4.78, 5) is 0. The Morgan fingerprint density at radius 1 is 1.53 bits per heavy atom. The number of rotatable bonds is 5. The van der Waals surface area contributed by atoms with E-state index in [9.17, 15) is 8.42 Å². The summed E-state index contributed by atoms with van der Waals surface area (Å²) in [6.45, 7) is 5.74. The van der Waals surface area contributed by atoms with E-state index in [-0.39, 0.29) is 17.7 Å². The minimum absolute atomic E-state index is 0.0477. The summed E-state index contributed by atoms with van der Waals surface area (Å²) < 4.78 is 26.2. The molecule has 1 rings (SSSR count). The van der Waals surface area contributed by atoms with Gasteiger partial charge in [-0.15, -0.1) is 0 Å². The van der Waals surface area contributed by atoms with Gasteiger partial charge in [-0.25, -0.2) is 13.1 Å². The molecule has 0 aromatic rings. The van der Waals surface area contributed by atoms with Crippen LogP contribution in [0.1, 0.15) is 33.1 Å². The predicted octanol–water partition coefficient (Wildman–Crippen LogP) is 0.704. The van der Waals surface area contributed by atoms with E-state index in [0.717, 1.165) is 32.4 Å². The van der Waals surface area contributed by atoms with E-state index in [4.69, 9.17) is 0 Å². The fourth-order valence-corrected chi connectivity index (χ4v) is 3.60. The Morgan fingerprint density at radius 2 is 2.27 bits per heavy atom. The van der Waals surface area contributed by atoms with E-state index in [1.165, 1.54) is 0 Å². The summed E-state index contributed by atoms with van der Waals surface area (Å²) in [7, 11) is -3.08. The lowest BCUT2D eigenvalue weighted by molar-refractivity contribution is 0.402. The molecule has 0 radical (unpaired) electrons. The Morgan fingerprint density at radius 3 is 2.80 bits per heavy atom. The highest BCUT2D eigenvalue weighted by Gasteiger charge is 2.21. The van der Waals surface area contributed by atoms with Gasteiger partial charge in [0.2, 0.25) is 10.0 Å². The molecule has 0 saturated carbocycles. The third-order valence-electron chi connectivity index (χ3n) is 2.85. The predicted molar refractivity (Wildman–Crippen MR) is 62.3 cm³/mol. The van der Waals surface area contributed by atoms with Crippen LogP contribution in [0.4, 0.5) is 0 Å². The van der Waals surface area contributed by atoms with Crippen LogP contribution in [0.3, 0.4) is 0 Å². The zero-order valence-corrected chi connectivity index (χ0v) is 10.4. The topological polar surface area (TPSA) is 58.2 Å². The number of piperidine rings is 1. The molecule has 0 amide bonds. The summed E-state index contributed by atoms with van der Waals surface area (Å²) in [6, 6.07) is 0.0477. The summed E-state index contributed by atoms with van der Waals surface area (Å²) in [6.07, 6.45) is 2.94. The highest BCUT2D eigenvalue weighted by molar-refractivity contribution is 7.89. The minimum atomic E-state index is -3.08. The Hall–Kier alpha value is -0.130. The molecule has 1 fully saturated rings. The molecule has 15 heavy (non-hydrogen) atoms. The third-order valence-corrected chi connectivity index (χ3v) is 4.52. The van der Waals surface area contributed by atoms with Gasteiger partial charge in [-0.1, -0.05) is 6.92 Å². The second-order valence-electron chi connectivity index (χ2n) is 4.42. The molecule has 0 spiro atoms. The van der Waals surface area contributed by atoms with E-state index in [1.807, 2.05) is 13.8 Å². The first kappa shape index (κ1) is 12.9. The van der Waals surface area contributed by atoms with Gasteiger partial charge in [0.15, 0.2) is 0 Å². The average Bonchev–Trinajstić information content (AvgIpc) is 2.17. The van der Waals surface area contributed by atoms with Gasteiger partial charge >= 0.3 is 0 Å². The Labute approximate surface area is 92.9 Å². The number of hydrogen-bond donors (Lipinski definition) is 2. The molecule has 0 aromatic carbocycles. The molecule has 2 N–H and O–H groups in total. The second kappa shape index (κ2) is 5.82. The van der Waals surface area contributed by atoms with Gasteiger partial charge in [0, 0.05) is 6.04 Å². The largest absolute Gasteiger partial charge is 0.316 e. The van der Waals surface area contributed by atoms with Gasteiger partial charge in [0.05, 0.1) is 5.75 Å². The van der Waals surface area contributed by atoms with Gasteiger partial charge in [-0.2, -0.15) is 0 Å². The molecule has 1 aliphatic rings.